The fraction of sp³-hybridized carbons (Fsp3) is 0.800. The lowest BCUT2D eigenvalue weighted by Gasteiger charge is -2.24. The average Bonchev–Trinajstić information content (AvgIpc) is 2.12. The van der Waals surface area contributed by atoms with Crippen molar-refractivity contribution in [2.24, 2.45) is 0 Å². The molecule has 0 bridgehead atoms. The van der Waals surface area contributed by atoms with E-state index in [-0.39, 0.29) is 12.5 Å². The quantitative estimate of drug-likeness (QED) is 0.692. The molecule has 0 aromatic rings. The first-order valence-corrected chi connectivity index (χ1v) is 5.03. The van der Waals surface area contributed by atoms with Crippen LogP contribution in [0.2, 0.25) is 0 Å². The van der Waals surface area contributed by atoms with Crippen LogP contribution in [0.1, 0.15) is 19.8 Å². The largest absolute Gasteiger partial charge is 0.480 e. The van der Waals surface area contributed by atoms with Gasteiger partial charge in [-0.25, -0.2) is 0 Å². The molecule has 0 aliphatic heterocycles. The third-order valence-electron chi connectivity index (χ3n) is 2.26. The summed E-state index contributed by atoms with van der Waals surface area (Å²) in [5.74, 6) is -0.953. The molecule has 0 rings (SSSR count). The number of amides is 1. The van der Waals surface area contributed by atoms with Crippen molar-refractivity contribution in [2.45, 2.75) is 25.8 Å². The van der Waals surface area contributed by atoms with Crippen molar-refractivity contribution in [1.29, 1.82) is 0 Å². The summed E-state index contributed by atoms with van der Waals surface area (Å²) in [4.78, 5) is 25.3. The number of nitrogens with zero attached hydrogens (tertiary/aromatic N) is 2. The molecule has 1 atom stereocenters. The smallest absolute Gasteiger partial charge is 0.320 e. The number of hydrogen-bond acceptors (Lipinski definition) is 3. The fourth-order valence-electron chi connectivity index (χ4n) is 1.27. The number of carboxylic acids is 1. The zero-order chi connectivity index (χ0) is 12.0. The molecule has 0 aromatic heterocycles. The predicted octanol–water partition coefficient (Wildman–Crippen LogP) is 0.260. The highest BCUT2D eigenvalue weighted by atomic mass is 16.4. The minimum Gasteiger partial charge on any atom is -0.480 e. The van der Waals surface area contributed by atoms with E-state index in [1.54, 1.807) is 26.0 Å². The van der Waals surface area contributed by atoms with Crippen molar-refractivity contribution in [3.63, 3.8) is 0 Å². The molecule has 0 aliphatic rings. The van der Waals surface area contributed by atoms with Crippen molar-refractivity contribution in [3.8, 4) is 0 Å². The van der Waals surface area contributed by atoms with Crippen LogP contribution >= 0.6 is 0 Å². The van der Waals surface area contributed by atoms with Gasteiger partial charge in [0.05, 0.1) is 6.54 Å². The molecule has 5 nitrogen and oxygen atoms in total. The van der Waals surface area contributed by atoms with Gasteiger partial charge in [0, 0.05) is 14.1 Å². The van der Waals surface area contributed by atoms with E-state index in [1.165, 1.54) is 4.90 Å². The molecule has 15 heavy (non-hydrogen) atoms. The zero-order valence-electron chi connectivity index (χ0n) is 9.86. The van der Waals surface area contributed by atoms with Crippen LogP contribution in [0, 0.1) is 0 Å². The Balaban J connectivity index is 4.31. The number of likely N-dealkylation sites (N-methyl/N-ethyl adjacent to an activating group) is 2. The summed E-state index contributed by atoms with van der Waals surface area (Å²) < 4.78 is 0. The Morgan fingerprint density at radius 2 is 1.80 bits per heavy atom. The second kappa shape index (κ2) is 6.40. The lowest BCUT2D eigenvalue weighted by molar-refractivity contribution is -0.144. The fourth-order valence-corrected chi connectivity index (χ4v) is 1.27. The number of rotatable bonds is 6. The SMILES string of the molecule is CCCC(C(=O)O)N(C)CC(=O)N(C)C. The first-order valence-electron chi connectivity index (χ1n) is 5.03. The molecule has 1 unspecified atom stereocenters. The maximum absolute atomic E-state index is 11.4. The number of carbonyl (C=O) groups is 2. The van der Waals surface area contributed by atoms with E-state index >= 15 is 0 Å². The molecule has 0 fully saturated rings. The molecule has 1 amide bonds. The van der Waals surface area contributed by atoms with Crippen molar-refractivity contribution in [2.75, 3.05) is 27.7 Å². The van der Waals surface area contributed by atoms with Crippen LogP contribution in [0.5, 0.6) is 0 Å². The number of carbonyl (C=O) groups excluding carboxylic acids is 1. The second-order valence-electron chi connectivity index (χ2n) is 3.85. The highest BCUT2D eigenvalue weighted by Gasteiger charge is 2.23. The third-order valence-corrected chi connectivity index (χ3v) is 2.26. The van der Waals surface area contributed by atoms with E-state index in [0.717, 1.165) is 6.42 Å². The van der Waals surface area contributed by atoms with Gasteiger partial charge >= 0.3 is 5.97 Å². The van der Waals surface area contributed by atoms with Crippen LogP contribution in [0.4, 0.5) is 0 Å². The molecule has 0 aliphatic carbocycles. The van der Waals surface area contributed by atoms with Crippen molar-refractivity contribution < 1.29 is 14.7 Å². The Kier molecular flexibility index (Phi) is 5.93. The van der Waals surface area contributed by atoms with Crippen molar-refractivity contribution in [1.82, 2.24) is 9.80 Å². The Bertz CT molecular complexity index is 229. The molecule has 0 radical (unpaired) electrons. The Morgan fingerprint density at radius 3 is 2.13 bits per heavy atom. The Morgan fingerprint density at radius 1 is 1.27 bits per heavy atom. The molecular weight excluding hydrogens is 196 g/mol. The third kappa shape index (κ3) is 4.78. The minimum atomic E-state index is -0.870. The van der Waals surface area contributed by atoms with Gasteiger partial charge in [-0.1, -0.05) is 13.3 Å². The van der Waals surface area contributed by atoms with Gasteiger partial charge < -0.3 is 10.0 Å². The van der Waals surface area contributed by atoms with E-state index in [9.17, 15) is 9.59 Å². The van der Waals surface area contributed by atoms with Gasteiger partial charge in [0.25, 0.3) is 0 Å². The summed E-state index contributed by atoms with van der Waals surface area (Å²) in [6.45, 7) is 2.07. The Hall–Kier alpha value is -1.10. The summed E-state index contributed by atoms with van der Waals surface area (Å²) in [5.41, 5.74) is 0. The van der Waals surface area contributed by atoms with E-state index < -0.39 is 12.0 Å². The van der Waals surface area contributed by atoms with E-state index in [1.807, 2.05) is 6.92 Å². The van der Waals surface area contributed by atoms with Gasteiger partial charge in [0.1, 0.15) is 6.04 Å². The van der Waals surface area contributed by atoms with Crippen LogP contribution in [0.15, 0.2) is 0 Å². The summed E-state index contributed by atoms with van der Waals surface area (Å²) in [5, 5.41) is 8.96. The molecule has 0 aromatic carbocycles. The normalized spacial score (nSPS) is 12.6. The molecule has 5 heteroatoms. The topological polar surface area (TPSA) is 60.9 Å². The number of carboxylic acid groups (broad SMARTS) is 1. The van der Waals surface area contributed by atoms with Crippen LogP contribution in [0.25, 0.3) is 0 Å². The predicted molar refractivity (Wildman–Crippen MR) is 57.7 cm³/mol. The second-order valence-corrected chi connectivity index (χ2v) is 3.85. The van der Waals surface area contributed by atoms with Crippen molar-refractivity contribution >= 4 is 11.9 Å². The molecule has 0 spiro atoms. The van der Waals surface area contributed by atoms with Crippen LogP contribution in [-0.2, 0) is 9.59 Å². The molecule has 0 heterocycles. The standard InChI is InChI=1S/C10H20N2O3/c1-5-6-8(10(14)15)12(4)7-9(13)11(2)3/h8H,5-7H2,1-4H3,(H,14,15). The summed E-state index contributed by atoms with van der Waals surface area (Å²) >= 11 is 0. The van der Waals surface area contributed by atoms with Gasteiger partial charge in [-0.05, 0) is 13.5 Å². The molecular formula is C10H20N2O3. The number of hydrogen-bond donors (Lipinski definition) is 1. The van der Waals surface area contributed by atoms with Crippen LogP contribution in [-0.4, -0.2) is 60.5 Å². The van der Waals surface area contributed by atoms with E-state index in [2.05, 4.69) is 0 Å². The molecule has 0 saturated carbocycles. The lowest BCUT2D eigenvalue weighted by Crippen LogP contribution is -2.44. The number of aliphatic carboxylic acids is 1. The Labute approximate surface area is 90.7 Å². The molecule has 1 N–H and O–H groups in total. The maximum atomic E-state index is 11.4. The summed E-state index contributed by atoms with van der Waals surface area (Å²) in [7, 11) is 4.98. The highest BCUT2D eigenvalue weighted by Crippen LogP contribution is 2.05. The van der Waals surface area contributed by atoms with Gasteiger partial charge in [-0.2, -0.15) is 0 Å². The molecule has 88 valence electrons. The first-order chi connectivity index (χ1) is 6.90. The average molecular weight is 216 g/mol. The monoisotopic (exact) mass is 216 g/mol. The van der Waals surface area contributed by atoms with E-state index in [0.29, 0.717) is 6.42 Å². The van der Waals surface area contributed by atoms with Gasteiger partial charge in [-0.15, -0.1) is 0 Å². The highest BCUT2D eigenvalue weighted by molar-refractivity contribution is 5.79. The summed E-state index contributed by atoms with van der Waals surface area (Å²) in [6, 6.07) is -0.570. The zero-order valence-corrected chi connectivity index (χ0v) is 9.86. The maximum Gasteiger partial charge on any atom is 0.320 e. The first kappa shape index (κ1) is 13.9. The summed E-state index contributed by atoms with van der Waals surface area (Å²) in [6.07, 6.45) is 1.35. The van der Waals surface area contributed by atoms with Gasteiger partial charge in [0.2, 0.25) is 5.91 Å². The van der Waals surface area contributed by atoms with Gasteiger partial charge in [-0.3, -0.25) is 14.5 Å². The van der Waals surface area contributed by atoms with Crippen LogP contribution in [0.3, 0.4) is 0 Å². The molecule has 0 saturated heterocycles. The van der Waals surface area contributed by atoms with Gasteiger partial charge in [0.15, 0.2) is 0 Å². The van der Waals surface area contributed by atoms with E-state index in [4.69, 9.17) is 5.11 Å². The minimum absolute atomic E-state index is 0.0835. The van der Waals surface area contributed by atoms with Crippen LogP contribution < -0.4 is 0 Å². The van der Waals surface area contributed by atoms with Crippen molar-refractivity contribution in [3.05, 3.63) is 0 Å². The lowest BCUT2D eigenvalue weighted by atomic mass is 10.1.